The van der Waals surface area contributed by atoms with E-state index in [9.17, 15) is 14.7 Å². The van der Waals surface area contributed by atoms with Gasteiger partial charge in [-0.05, 0) is 32.9 Å². The highest BCUT2D eigenvalue weighted by Gasteiger charge is 2.25. The van der Waals surface area contributed by atoms with Crippen LogP contribution >= 0.6 is 0 Å². The summed E-state index contributed by atoms with van der Waals surface area (Å²) in [6.45, 7) is 5.54. The Labute approximate surface area is 112 Å². The normalized spacial score (nSPS) is 11.2. The summed E-state index contributed by atoms with van der Waals surface area (Å²) in [4.78, 5) is 24.9. The van der Waals surface area contributed by atoms with Crippen LogP contribution in [-0.4, -0.2) is 45.7 Å². The molecule has 0 spiro atoms. The lowest BCUT2D eigenvalue weighted by Gasteiger charge is -2.28. The average molecular weight is 265 g/mol. The van der Waals surface area contributed by atoms with Crippen LogP contribution in [-0.2, 0) is 0 Å². The number of benzene rings is 1. The molecule has 104 valence electrons. The van der Waals surface area contributed by atoms with E-state index in [1.54, 1.807) is 32.9 Å². The van der Waals surface area contributed by atoms with Crippen LogP contribution in [0.5, 0.6) is 0 Å². The summed E-state index contributed by atoms with van der Waals surface area (Å²) in [7, 11) is 0. The SMILES string of the molecule is CCN(CC(C)(C)O)C(=O)c1ccccc1C(=O)O. The van der Waals surface area contributed by atoms with Crippen molar-refractivity contribution in [3.8, 4) is 0 Å². The Bertz CT molecular complexity index is 477. The fraction of sp³-hybridized carbons (Fsp3) is 0.429. The van der Waals surface area contributed by atoms with Gasteiger partial charge in [0.05, 0.1) is 16.7 Å². The maximum Gasteiger partial charge on any atom is 0.336 e. The Hall–Kier alpha value is -1.88. The van der Waals surface area contributed by atoms with Crippen molar-refractivity contribution in [1.29, 1.82) is 0 Å². The third kappa shape index (κ3) is 4.06. The predicted octanol–water partition coefficient (Wildman–Crippen LogP) is 1.62. The van der Waals surface area contributed by atoms with E-state index >= 15 is 0 Å². The molecule has 1 amide bonds. The van der Waals surface area contributed by atoms with Crippen LogP contribution in [0.3, 0.4) is 0 Å². The Balaban J connectivity index is 3.08. The number of carboxylic acid groups (broad SMARTS) is 1. The monoisotopic (exact) mass is 265 g/mol. The van der Waals surface area contributed by atoms with Crippen LogP contribution in [0.2, 0.25) is 0 Å². The molecule has 0 fully saturated rings. The zero-order valence-corrected chi connectivity index (χ0v) is 11.4. The number of hydrogen-bond acceptors (Lipinski definition) is 3. The largest absolute Gasteiger partial charge is 0.478 e. The molecular weight excluding hydrogens is 246 g/mol. The number of hydrogen-bond donors (Lipinski definition) is 2. The first-order valence-corrected chi connectivity index (χ1v) is 6.10. The third-order valence-electron chi connectivity index (χ3n) is 2.63. The molecular formula is C14H19NO4. The maximum atomic E-state index is 12.3. The van der Waals surface area contributed by atoms with E-state index in [-0.39, 0.29) is 23.6 Å². The van der Waals surface area contributed by atoms with Crippen LogP contribution in [0.1, 0.15) is 41.5 Å². The van der Waals surface area contributed by atoms with E-state index in [2.05, 4.69) is 0 Å². The number of aromatic carboxylic acids is 1. The third-order valence-corrected chi connectivity index (χ3v) is 2.63. The Morgan fingerprint density at radius 2 is 1.74 bits per heavy atom. The second-order valence-corrected chi connectivity index (χ2v) is 4.98. The zero-order valence-electron chi connectivity index (χ0n) is 11.4. The minimum absolute atomic E-state index is 0.0262. The highest BCUT2D eigenvalue weighted by Crippen LogP contribution is 2.14. The molecule has 0 aromatic heterocycles. The van der Waals surface area contributed by atoms with E-state index in [0.29, 0.717) is 6.54 Å². The molecule has 0 bridgehead atoms. The van der Waals surface area contributed by atoms with Crippen LogP contribution < -0.4 is 0 Å². The number of carbonyl (C=O) groups excluding carboxylic acids is 1. The molecule has 0 heterocycles. The van der Waals surface area contributed by atoms with Gasteiger partial charge in [-0.3, -0.25) is 4.79 Å². The number of nitrogens with zero attached hydrogens (tertiary/aromatic N) is 1. The smallest absolute Gasteiger partial charge is 0.336 e. The predicted molar refractivity (Wildman–Crippen MR) is 71.3 cm³/mol. The molecule has 0 unspecified atom stereocenters. The molecule has 0 saturated carbocycles. The van der Waals surface area contributed by atoms with Crippen LogP contribution in [0.4, 0.5) is 0 Å². The molecule has 0 saturated heterocycles. The van der Waals surface area contributed by atoms with Crippen molar-refractivity contribution in [2.75, 3.05) is 13.1 Å². The van der Waals surface area contributed by atoms with Gasteiger partial charge in [0.15, 0.2) is 0 Å². The van der Waals surface area contributed by atoms with Crippen LogP contribution in [0, 0.1) is 0 Å². The van der Waals surface area contributed by atoms with E-state index in [1.165, 1.54) is 17.0 Å². The van der Waals surface area contributed by atoms with Gasteiger partial charge in [0.2, 0.25) is 0 Å². The Morgan fingerprint density at radius 1 is 1.21 bits per heavy atom. The molecule has 5 heteroatoms. The minimum Gasteiger partial charge on any atom is -0.478 e. The number of amides is 1. The second-order valence-electron chi connectivity index (χ2n) is 4.98. The van der Waals surface area contributed by atoms with Crippen molar-refractivity contribution < 1.29 is 19.8 Å². The molecule has 0 aliphatic rings. The van der Waals surface area contributed by atoms with Crippen molar-refractivity contribution in [2.45, 2.75) is 26.4 Å². The van der Waals surface area contributed by atoms with Crippen LogP contribution in [0.25, 0.3) is 0 Å². The summed E-state index contributed by atoms with van der Waals surface area (Å²) in [5.74, 6) is -1.52. The lowest BCUT2D eigenvalue weighted by molar-refractivity contribution is 0.0313. The molecule has 0 atom stereocenters. The number of carbonyl (C=O) groups is 2. The molecule has 19 heavy (non-hydrogen) atoms. The lowest BCUT2D eigenvalue weighted by atomic mass is 10.0. The fourth-order valence-corrected chi connectivity index (χ4v) is 1.82. The highest BCUT2D eigenvalue weighted by atomic mass is 16.4. The highest BCUT2D eigenvalue weighted by molar-refractivity contribution is 6.04. The number of aliphatic hydroxyl groups is 1. The standard InChI is InChI=1S/C14H19NO4/c1-4-15(9-14(2,3)19)12(16)10-7-5-6-8-11(10)13(17)18/h5-8,19H,4,9H2,1-3H3,(H,17,18). The first kappa shape index (κ1) is 15.2. The summed E-state index contributed by atoms with van der Waals surface area (Å²) in [6.07, 6.45) is 0. The molecule has 5 nitrogen and oxygen atoms in total. The summed E-state index contributed by atoms with van der Waals surface area (Å²) in [6, 6.07) is 6.08. The van der Waals surface area contributed by atoms with Gasteiger partial charge >= 0.3 is 5.97 Å². The van der Waals surface area contributed by atoms with Crippen LogP contribution in [0.15, 0.2) is 24.3 Å². The molecule has 1 aromatic rings. The first-order valence-electron chi connectivity index (χ1n) is 6.10. The van der Waals surface area contributed by atoms with Gasteiger partial charge in [-0.25, -0.2) is 4.79 Å². The summed E-state index contributed by atoms with van der Waals surface area (Å²) < 4.78 is 0. The van der Waals surface area contributed by atoms with E-state index < -0.39 is 11.6 Å². The van der Waals surface area contributed by atoms with Crippen molar-refractivity contribution in [1.82, 2.24) is 4.90 Å². The van der Waals surface area contributed by atoms with E-state index in [4.69, 9.17) is 5.11 Å². The summed E-state index contributed by atoms with van der Waals surface area (Å²) in [5.41, 5.74) is -0.910. The molecule has 0 aliphatic heterocycles. The van der Waals surface area contributed by atoms with Crippen molar-refractivity contribution in [3.63, 3.8) is 0 Å². The fourth-order valence-electron chi connectivity index (χ4n) is 1.82. The molecule has 1 rings (SSSR count). The van der Waals surface area contributed by atoms with Gasteiger partial charge in [0.25, 0.3) is 5.91 Å². The number of carboxylic acids is 1. The van der Waals surface area contributed by atoms with Crippen molar-refractivity contribution in [3.05, 3.63) is 35.4 Å². The minimum atomic E-state index is -1.14. The average Bonchev–Trinajstić information content (AvgIpc) is 2.34. The first-order chi connectivity index (χ1) is 8.76. The second kappa shape index (κ2) is 5.84. The lowest BCUT2D eigenvalue weighted by Crippen LogP contribution is -2.42. The van der Waals surface area contributed by atoms with Gasteiger partial charge < -0.3 is 15.1 Å². The Morgan fingerprint density at radius 3 is 2.16 bits per heavy atom. The van der Waals surface area contributed by atoms with Gasteiger partial charge in [-0.1, -0.05) is 12.1 Å². The number of rotatable bonds is 5. The van der Waals surface area contributed by atoms with E-state index in [1.807, 2.05) is 0 Å². The van der Waals surface area contributed by atoms with Crippen molar-refractivity contribution >= 4 is 11.9 Å². The molecule has 1 aromatic carbocycles. The van der Waals surface area contributed by atoms with Gasteiger partial charge in [0, 0.05) is 13.1 Å². The molecule has 0 aliphatic carbocycles. The summed E-state index contributed by atoms with van der Waals surface area (Å²) >= 11 is 0. The van der Waals surface area contributed by atoms with E-state index in [0.717, 1.165) is 0 Å². The summed E-state index contributed by atoms with van der Waals surface area (Å²) in [5, 5.41) is 18.9. The zero-order chi connectivity index (χ0) is 14.6. The quantitative estimate of drug-likeness (QED) is 0.848. The molecule has 0 radical (unpaired) electrons. The number of likely N-dealkylation sites (N-methyl/N-ethyl adjacent to an activating group) is 1. The molecule has 2 N–H and O–H groups in total. The maximum absolute atomic E-state index is 12.3. The van der Waals surface area contributed by atoms with Gasteiger partial charge in [0.1, 0.15) is 0 Å². The van der Waals surface area contributed by atoms with Crippen molar-refractivity contribution in [2.24, 2.45) is 0 Å². The van der Waals surface area contributed by atoms with Gasteiger partial charge in [-0.2, -0.15) is 0 Å². The van der Waals surface area contributed by atoms with Gasteiger partial charge in [-0.15, -0.1) is 0 Å². The topological polar surface area (TPSA) is 77.8 Å². The Kier molecular flexibility index (Phi) is 4.67.